The molecule has 2 aliphatic carbocycles. The second-order valence-electron chi connectivity index (χ2n) is 6.80. The van der Waals surface area contributed by atoms with E-state index in [1.807, 2.05) is 0 Å². The van der Waals surface area contributed by atoms with Crippen molar-refractivity contribution >= 4 is 0 Å². The first-order chi connectivity index (χ1) is 6.54. The molecule has 2 aliphatic heterocycles. The summed E-state index contributed by atoms with van der Waals surface area (Å²) in [6.07, 6.45) is 7.58. The third kappa shape index (κ3) is 1.25. The van der Waals surface area contributed by atoms with Gasteiger partial charge in [-0.1, -0.05) is 0 Å². The minimum Gasteiger partial charge on any atom is -0.293 e. The van der Waals surface area contributed by atoms with Crippen LogP contribution in [0.15, 0.2) is 0 Å². The highest BCUT2D eigenvalue weighted by molar-refractivity contribution is 5.03. The Bertz CT molecular complexity index is 210. The second-order valence-corrected chi connectivity index (χ2v) is 6.80. The zero-order valence-corrected chi connectivity index (χ0v) is 9.79. The van der Waals surface area contributed by atoms with E-state index in [4.69, 9.17) is 0 Å². The predicted octanol–water partition coefficient (Wildman–Crippen LogP) is 3.05. The molecule has 0 unspecified atom stereocenters. The quantitative estimate of drug-likeness (QED) is 0.571. The number of hydrogen-bond acceptors (Lipinski definition) is 1. The Balaban J connectivity index is 1.88. The van der Waals surface area contributed by atoms with Crippen LogP contribution in [-0.4, -0.2) is 22.5 Å². The average molecular weight is 193 g/mol. The molecule has 0 spiro atoms. The fraction of sp³-hybridized carbons (Fsp3) is 1.00. The molecule has 4 rings (SSSR count). The maximum Gasteiger partial charge on any atom is 0.0130 e. The van der Waals surface area contributed by atoms with Gasteiger partial charge in [0, 0.05) is 17.6 Å². The molecule has 1 heteroatoms. The van der Waals surface area contributed by atoms with Gasteiger partial charge in [0.1, 0.15) is 0 Å². The van der Waals surface area contributed by atoms with Crippen LogP contribution < -0.4 is 0 Å². The number of hydrogen-bond donors (Lipinski definition) is 0. The molecule has 0 aromatic heterocycles. The van der Waals surface area contributed by atoms with Crippen molar-refractivity contribution < 1.29 is 0 Å². The Labute approximate surface area is 87.9 Å². The van der Waals surface area contributed by atoms with Crippen molar-refractivity contribution in [2.75, 3.05) is 0 Å². The number of piperidine rings is 2. The molecule has 2 saturated heterocycles. The third-order valence-corrected chi connectivity index (χ3v) is 4.65. The topological polar surface area (TPSA) is 3.24 Å². The average Bonchev–Trinajstić information content (AvgIpc) is 1.97. The molecule has 0 N–H and O–H groups in total. The maximum atomic E-state index is 2.85. The van der Waals surface area contributed by atoms with Crippen LogP contribution in [0.4, 0.5) is 0 Å². The molecule has 0 aromatic rings. The molecule has 0 aromatic carbocycles. The van der Waals surface area contributed by atoms with Crippen molar-refractivity contribution in [1.29, 1.82) is 0 Å². The van der Waals surface area contributed by atoms with Crippen molar-refractivity contribution in [1.82, 2.24) is 4.90 Å². The lowest BCUT2D eigenvalue weighted by Gasteiger charge is -2.60. The van der Waals surface area contributed by atoms with Crippen LogP contribution in [0.5, 0.6) is 0 Å². The third-order valence-electron chi connectivity index (χ3n) is 4.65. The Kier molecular flexibility index (Phi) is 1.81. The van der Waals surface area contributed by atoms with Gasteiger partial charge in [-0.3, -0.25) is 4.90 Å². The summed E-state index contributed by atoms with van der Waals surface area (Å²) in [4.78, 5) is 2.85. The van der Waals surface area contributed by atoms with E-state index in [9.17, 15) is 0 Å². The van der Waals surface area contributed by atoms with Gasteiger partial charge in [0.05, 0.1) is 0 Å². The molecule has 0 radical (unpaired) electrons. The van der Waals surface area contributed by atoms with Gasteiger partial charge in [0.2, 0.25) is 0 Å². The zero-order chi connectivity index (χ0) is 9.92. The summed E-state index contributed by atoms with van der Waals surface area (Å²) >= 11 is 0. The molecule has 0 atom stereocenters. The monoisotopic (exact) mass is 193 g/mol. The summed E-state index contributed by atoms with van der Waals surface area (Å²) in [5.41, 5.74) is 0.405. The van der Waals surface area contributed by atoms with Crippen LogP contribution in [0.25, 0.3) is 0 Å². The summed E-state index contributed by atoms with van der Waals surface area (Å²) < 4.78 is 0. The maximum absolute atomic E-state index is 2.85. The molecule has 2 heterocycles. The van der Waals surface area contributed by atoms with Crippen LogP contribution in [0, 0.1) is 11.8 Å². The predicted molar refractivity (Wildman–Crippen MR) is 59.2 cm³/mol. The van der Waals surface area contributed by atoms with Gasteiger partial charge in [-0.05, 0) is 64.7 Å². The normalized spacial score (nSPS) is 47.4. The molecule has 1 nitrogen and oxygen atoms in total. The first-order valence-electron chi connectivity index (χ1n) is 6.32. The van der Waals surface area contributed by atoms with Crippen LogP contribution in [0.1, 0.15) is 52.9 Å². The summed E-state index contributed by atoms with van der Waals surface area (Å²) in [5, 5.41) is 0. The van der Waals surface area contributed by atoms with E-state index in [-0.39, 0.29) is 0 Å². The van der Waals surface area contributed by atoms with Crippen molar-refractivity contribution in [2.24, 2.45) is 11.8 Å². The van der Waals surface area contributed by atoms with E-state index in [1.54, 1.807) is 6.42 Å². The summed E-state index contributed by atoms with van der Waals surface area (Å²) in [6, 6.07) is 1.87. The molecule has 2 saturated carbocycles. The van der Waals surface area contributed by atoms with E-state index in [2.05, 4.69) is 25.7 Å². The molecular formula is C13H23N. The number of nitrogens with zero attached hydrogens (tertiary/aromatic N) is 1. The lowest BCUT2D eigenvalue weighted by atomic mass is 9.62. The molecule has 4 aliphatic rings. The number of rotatable bonds is 0. The van der Waals surface area contributed by atoms with Gasteiger partial charge in [-0.2, -0.15) is 0 Å². The first kappa shape index (κ1) is 9.21. The molecule has 14 heavy (non-hydrogen) atoms. The Morgan fingerprint density at radius 3 is 1.57 bits per heavy atom. The lowest BCUT2D eigenvalue weighted by Crippen LogP contribution is -2.63. The van der Waals surface area contributed by atoms with Crippen LogP contribution in [-0.2, 0) is 0 Å². The van der Waals surface area contributed by atoms with Crippen molar-refractivity contribution in [3.63, 3.8) is 0 Å². The largest absolute Gasteiger partial charge is 0.293 e. The lowest BCUT2D eigenvalue weighted by molar-refractivity contribution is -0.103. The van der Waals surface area contributed by atoms with Crippen LogP contribution in [0.2, 0.25) is 0 Å². The van der Waals surface area contributed by atoms with Crippen molar-refractivity contribution in [3.8, 4) is 0 Å². The SMILES string of the molecule is CC(C)(C)N1C2CC3CC(C2)CC1C3. The van der Waals surface area contributed by atoms with Gasteiger partial charge in [-0.15, -0.1) is 0 Å². The van der Waals surface area contributed by atoms with E-state index >= 15 is 0 Å². The first-order valence-corrected chi connectivity index (χ1v) is 6.32. The Morgan fingerprint density at radius 1 is 0.786 bits per heavy atom. The van der Waals surface area contributed by atoms with Crippen LogP contribution >= 0.6 is 0 Å². The summed E-state index contributed by atoms with van der Waals surface area (Å²) in [6.45, 7) is 7.19. The van der Waals surface area contributed by atoms with Gasteiger partial charge >= 0.3 is 0 Å². The highest BCUT2D eigenvalue weighted by Gasteiger charge is 2.49. The van der Waals surface area contributed by atoms with Gasteiger partial charge < -0.3 is 0 Å². The fourth-order valence-corrected chi connectivity index (χ4v) is 4.63. The minimum absolute atomic E-state index is 0.405. The smallest absolute Gasteiger partial charge is 0.0130 e. The van der Waals surface area contributed by atoms with E-state index in [0.29, 0.717) is 5.54 Å². The Hall–Kier alpha value is -0.0400. The van der Waals surface area contributed by atoms with Gasteiger partial charge in [-0.25, -0.2) is 0 Å². The zero-order valence-electron chi connectivity index (χ0n) is 9.79. The van der Waals surface area contributed by atoms with Gasteiger partial charge in [0.15, 0.2) is 0 Å². The molecule has 4 bridgehead atoms. The van der Waals surface area contributed by atoms with E-state index in [1.165, 1.54) is 25.7 Å². The standard InChI is InChI=1S/C13H23N/c1-13(2,3)14-11-5-9-4-10(7-11)8-12(14)6-9/h9-12H,4-8H2,1-3H3. The van der Waals surface area contributed by atoms with E-state index in [0.717, 1.165) is 23.9 Å². The molecule has 4 fully saturated rings. The minimum atomic E-state index is 0.405. The van der Waals surface area contributed by atoms with Crippen LogP contribution in [0.3, 0.4) is 0 Å². The van der Waals surface area contributed by atoms with E-state index < -0.39 is 0 Å². The Morgan fingerprint density at radius 2 is 1.21 bits per heavy atom. The fourth-order valence-electron chi connectivity index (χ4n) is 4.63. The molecular weight excluding hydrogens is 170 g/mol. The highest BCUT2D eigenvalue weighted by Crippen LogP contribution is 2.51. The van der Waals surface area contributed by atoms with Gasteiger partial charge in [0.25, 0.3) is 0 Å². The molecule has 80 valence electrons. The second kappa shape index (κ2) is 2.75. The molecule has 0 amide bonds. The highest BCUT2D eigenvalue weighted by atomic mass is 15.3. The van der Waals surface area contributed by atoms with Crippen molar-refractivity contribution in [2.45, 2.75) is 70.5 Å². The summed E-state index contributed by atoms with van der Waals surface area (Å²) in [5.74, 6) is 2.19. The van der Waals surface area contributed by atoms with Crippen molar-refractivity contribution in [3.05, 3.63) is 0 Å². The summed E-state index contributed by atoms with van der Waals surface area (Å²) in [7, 11) is 0.